The van der Waals surface area contributed by atoms with Crippen molar-refractivity contribution in [1.82, 2.24) is 5.32 Å². The summed E-state index contributed by atoms with van der Waals surface area (Å²) in [6.07, 6.45) is -4.98. The maximum absolute atomic E-state index is 12.5. The first-order valence-corrected chi connectivity index (χ1v) is 5.88. The number of amides is 1. The lowest BCUT2D eigenvalue weighted by atomic mass is 10.0. The van der Waals surface area contributed by atoms with E-state index in [9.17, 15) is 22.8 Å². The van der Waals surface area contributed by atoms with Gasteiger partial charge in [-0.15, -0.1) is 11.3 Å². The zero-order valence-electron chi connectivity index (χ0n) is 9.69. The second kappa shape index (κ2) is 5.17. The number of thiophene rings is 1. The first-order chi connectivity index (χ1) is 8.57. The predicted molar refractivity (Wildman–Crippen MR) is 61.5 cm³/mol. The smallest absolute Gasteiger partial charge is 0.415 e. The van der Waals surface area contributed by atoms with Gasteiger partial charge in [-0.3, -0.25) is 4.79 Å². The molecule has 2 atom stereocenters. The Morgan fingerprint density at radius 1 is 1.47 bits per heavy atom. The van der Waals surface area contributed by atoms with E-state index in [0.717, 1.165) is 11.3 Å². The van der Waals surface area contributed by atoms with Gasteiger partial charge in [0.05, 0.1) is 0 Å². The van der Waals surface area contributed by atoms with Gasteiger partial charge in [-0.05, 0) is 18.4 Å². The van der Waals surface area contributed by atoms with Crippen molar-refractivity contribution in [1.29, 1.82) is 0 Å². The molecule has 0 aliphatic rings. The van der Waals surface area contributed by atoms with Gasteiger partial charge in [0.2, 0.25) is 5.91 Å². The molecule has 1 aromatic heterocycles. The normalized spacial score (nSPS) is 16.5. The Labute approximate surface area is 110 Å². The van der Waals surface area contributed by atoms with Gasteiger partial charge in [0.15, 0.2) is 11.6 Å². The van der Waals surface area contributed by atoms with E-state index in [4.69, 9.17) is 10.8 Å². The number of carbonyl (C=O) groups excluding carboxylic acids is 1. The van der Waals surface area contributed by atoms with Crippen LogP contribution in [-0.2, 0) is 9.59 Å². The summed E-state index contributed by atoms with van der Waals surface area (Å²) in [4.78, 5) is 22.7. The van der Waals surface area contributed by atoms with E-state index in [-0.39, 0.29) is 4.88 Å². The van der Waals surface area contributed by atoms with Crippen LogP contribution >= 0.6 is 11.3 Å². The van der Waals surface area contributed by atoms with Gasteiger partial charge in [0.1, 0.15) is 0 Å². The van der Waals surface area contributed by atoms with Crippen molar-refractivity contribution >= 4 is 23.2 Å². The summed E-state index contributed by atoms with van der Waals surface area (Å²) in [5.74, 6) is -3.06. The maximum Gasteiger partial charge on any atom is 0.415 e. The predicted octanol–water partition coefficient (Wildman–Crippen LogP) is 1.27. The summed E-state index contributed by atoms with van der Waals surface area (Å²) in [5, 5.41) is 12.3. The van der Waals surface area contributed by atoms with E-state index >= 15 is 0 Å². The van der Waals surface area contributed by atoms with Crippen LogP contribution in [0.2, 0.25) is 0 Å². The number of rotatable bonds is 4. The largest absolute Gasteiger partial charge is 0.479 e. The van der Waals surface area contributed by atoms with Crippen molar-refractivity contribution in [3.8, 4) is 0 Å². The van der Waals surface area contributed by atoms with Gasteiger partial charge in [-0.2, -0.15) is 13.2 Å². The molecule has 0 saturated carbocycles. The Balaban J connectivity index is 2.94. The summed E-state index contributed by atoms with van der Waals surface area (Å²) in [5.41, 5.74) is 1.76. The molecule has 0 aliphatic heterocycles. The fraction of sp³-hybridized carbons (Fsp3) is 0.400. The zero-order valence-corrected chi connectivity index (χ0v) is 10.5. The van der Waals surface area contributed by atoms with Crippen molar-refractivity contribution in [2.45, 2.75) is 24.7 Å². The summed E-state index contributed by atoms with van der Waals surface area (Å²) in [6, 6.07) is 1.36. The van der Waals surface area contributed by atoms with Crippen molar-refractivity contribution in [3.63, 3.8) is 0 Å². The van der Waals surface area contributed by atoms with E-state index in [2.05, 4.69) is 0 Å². The number of hydrogen-bond acceptors (Lipinski definition) is 4. The molecule has 0 bridgehead atoms. The molecule has 19 heavy (non-hydrogen) atoms. The maximum atomic E-state index is 12.5. The number of hydrogen-bond donors (Lipinski definition) is 3. The van der Waals surface area contributed by atoms with Crippen LogP contribution in [0, 0.1) is 0 Å². The summed E-state index contributed by atoms with van der Waals surface area (Å²) < 4.78 is 37.6. The summed E-state index contributed by atoms with van der Waals surface area (Å²) in [6.45, 7) is 0.482. The van der Waals surface area contributed by atoms with Crippen LogP contribution in [0.3, 0.4) is 0 Å². The van der Waals surface area contributed by atoms with Gasteiger partial charge >= 0.3 is 12.1 Å². The molecule has 0 aromatic carbocycles. The molecule has 0 spiro atoms. The van der Waals surface area contributed by atoms with E-state index in [0.29, 0.717) is 6.92 Å². The molecule has 4 N–H and O–H groups in total. The highest BCUT2D eigenvalue weighted by Crippen LogP contribution is 2.29. The highest BCUT2D eigenvalue weighted by Gasteiger charge is 2.54. The molecule has 0 radical (unpaired) electrons. The minimum Gasteiger partial charge on any atom is -0.479 e. The standard InChI is InChI=1S/C10H11F3N2O3S/c1-9(14,10(11,12)13)8(18)15-6(7(16)17)5-3-2-4-19-5/h2-4,6H,14H2,1H3,(H,15,18)(H,16,17). The second-order valence-corrected chi connectivity index (χ2v) is 4.94. The van der Waals surface area contributed by atoms with Crippen LogP contribution in [0.15, 0.2) is 17.5 Å². The molecule has 0 fully saturated rings. The average molecular weight is 296 g/mol. The fourth-order valence-corrected chi connectivity index (χ4v) is 1.89. The van der Waals surface area contributed by atoms with Gasteiger partial charge < -0.3 is 16.2 Å². The molecule has 0 aliphatic carbocycles. The third-order valence-corrected chi connectivity index (χ3v) is 3.35. The van der Waals surface area contributed by atoms with E-state index < -0.39 is 29.6 Å². The molecule has 5 nitrogen and oxygen atoms in total. The van der Waals surface area contributed by atoms with Crippen molar-refractivity contribution in [2.75, 3.05) is 0 Å². The Kier molecular flexibility index (Phi) is 4.21. The average Bonchev–Trinajstić information content (AvgIpc) is 2.76. The SMILES string of the molecule is CC(N)(C(=O)NC(C(=O)O)c1cccs1)C(F)(F)F. The number of nitrogens with one attached hydrogen (secondary N) is 1. The monoisotopic (exact) mass is 296 g/mol. The Hall–Kier alpha value is -1.61. The number of carbonyl (C=O) groups is 2. The molecule has 2 unspecified atom stereocenters. The number of carboxylic acids is 1. The first-order valence-electron chi connectivity index (χ1n) is 5.00. The summed E-state index contributed by atoms with van der Waals surface area (Å²) in [7, 11) is 0. The molecule has 1 amide bonds. The van der Waals surface area contributed by atoms with E-state index in [1.54, 1.807) is 10.7 Å². The fourth-order valence-electron chi connectivity index (χ4n) is 1.12. The van der Waals surface area contributed by atoms with Crippen molar-refractivity contribution in [2.24, 2.45) is 5.73 Å². The van der Waals surface area contributed by atoms with Crippen LogP contribution in [0.25, 0.3) is 0 Å². The highest BCUT2D eigenvalue weighted by molar-refractivity contribution is 7.10. The molecule has 0 saturated heterocycles. The Morgan fingerprint density at radius 3 is 2.42 bits per heavy atom. The van der Waals surface area contributed by atoms with Gasteiger partial charge in [-0.1, -0.05) is 6.07 Å². The van der Waals surface area contributed by atoms with Crippen LogP contribution in [0.5, 0.6) is 0 Å². The highest BCUT2D eigenvalue weighted by atomic mass is 32.1. The van der Waals surface area contributed by atoms with Crippen LogP contribution in [0.1, 0.15) is 17.8 Å². The van der Waals surface area contributed by atoms with Gasteiger partial charge in [0.25, 0.3) is 0 Å². The number of carboxylic acid groups (broad SMARTS) is 1. The lowest BCUT2D eigenvalue weighted by Gasteiger charge is -2.27. The third-order valence-electron chi connectivity index (χ3n) is 2.41. The molecule has 1 aromatic rings. The first kappa shape index (κ1) is 15.4. The summed E-state index contributed by atoms with van der Waals surface area (Å²) >= 11 is 1.00. The Bertz CT molecular complexity index is 471. The molecule has 1 rings (SSSR count). The van der Waals surface area contributed by atoms with Gasteiger partial charge in [0, 0.05) is 4.88 Å². The minimum atomic E-state index is -4.98. The quantitative estimate of drug-likeness (QED) is 0.780. The molecule has 1 heterocycles. The number of alkyl halides is 3. The number of halogens is 3. The third kappa shape index (κ3) is 3.24. The molecular formula is C10H11F3N2O3S. The Morgan fingerprint density at radius 2 is 2.05 bits per heavy atom. The van der Waals surface area contributed by atoms with Crippen LogP contribution in [-0.4, -0.2) is 28.7 Å². The molecular weight excluding hydrogens is 285 g/mol. The van der Waals surface area contributed by atoms with Crippen molar-refractivity contribution in [3.05, 3.63) is 22.4 Å². The zero-order chi connectivity index (χ0) is 14.8. The van der Waals surface area contributed by atoms with Crippen LogP contribution < -0.4 is 11.1 Å². The van der Waals surface area contributed by atoms with Crippen LogP contribution in [0.4, 0.5) is 13.2 Å². The van der Waals surface area contributed by atoms with Gasteiger partial charge in [-0.25, -0.2) is 4.79 Å². The van der Waals surface area contributed by atoms with E-state index in [1.165, 1.54) is 12.1 Å². The second-order valence-electron chi connectivity index (χ2n) is 3.96. The van der Waals surface area contributed by atoms with E-state index in [1.807, 2.05) is 0 Å². The minimum absolute atomic E-state index is 0.207. The van der Waals surface area contributed by atoms with Crippen molar-refractivity contribution < 1.29 is 27.9 Å². The number of aliphatic carboxylic acids is 1. The number of nitrogens with two attached hydrogens (primary N) is 1. The topological polar surface area (TPSA) is 92.4 Å². The molecule has 9 heteroatoms. The lowest BCUT2D eigenvalue weighted by Crippen LogP contribution is -2.62. The lowest BCUT2D eigenvalue weighted by molar-refractivity contribution is -0.188. The molecule has 106 valence electrons.